The molecule has 0 atom stereocenters. The van der Waals surface area contributed by atoms with Crippen LogP contribution >= 0.6 is 0 Å². The van der Waals surface area contributed by atoms with E-state index in [2.05, 4.69) is 10.6 Å². The van der Waals surface area contributed by atoms with Crippen LogP contribution in [0.5, 0.6) is 0 Å². The van der Waals surface area contributed by atoms with Gasteiger partial charge in [-0.15, -0.1) is 0 Å². The first-order chi connectivity index (χ1) is 9.35. The Labute approximate surface area is 122 Å². The van der Waals surface area contributed by atoms with Gasteiger partial charge < -0.3 is 15.7 Å². The predicted octanol–water partition coefficient (Wildman–Crippen LogP) is 3.15. The second-order valence-electron chi connectivity index (χ2n) is 5.44. The minimum absolute atomic E-state index is 0.161. The minimum atomic E-state index is -0.870. The maximum atomic E-state index is 12.0. The summed E-state index contributed by atoms with van der Waals surface area (Å²) in [4.78, 5) is 23.4. The van der Waals surface area contributed by atoms with Crippen LogP contribution in [-0.4, -0.2) is 29.2 Å². The highest BCUT2D eigenvalue weighted by Crippen LogP contribution is 2.26. The van der Waals surface area contributed by atoms with Crippen molar-refractivity contribution in [2.24, 2.45) is 5.41 Å². The van der Waals surface area contributed by atoms with Crippen molar-refractivity contribution in [2.75, 3.05) is 6.54 Å². The highest BCUT2D eigenvalue weighted by atomic mass is 16.4. The third kappa shape index (κ3) is 4.39. The predicted molar refractivity (Wildman–Crippen MR) is 80.8 cm³/mol. The summed E-state index contributed by atoms with van der Waals surface area (Å²) in [6.45, 7) is 9.98. The summed E-state index contributed by atoms with van der Waals surface area (Å²) < 4.78 is 0. The lowest BCUT2D eigenvalue weighted by atomic mass is 9.82. The number of carbonyl (C=O) groups is 2. The Kier molecular flexibility index (Phi) is 7.61. The van der Waals surface area contributed by atoms with Crippen LogP contribution in [-0.2, 0) is 4.79 Å². The molecular formula is C15H30N2O3. The van der Waals surface area contributed by atoms with Gasteiger partial charge >= 0.3 is 12.0 Å². The smallest absolute Gasteiger partial charge is 0.315 e. The number of hydrogen-bond donors (Lipinski definition) is 3. The van der Waals surface area contributed by atoms with Crippen molar-refractivity contribution in [1.29, 1.82) is 0 Å². The molecule has 5 nitrogen and oxygen atoms in total. The average molecular weight is 286 g/mol. The maximum Gasteiger partial charge on any atom is 0.315 e. The number of urea groups is 1. The van der Waals surface area contributed by atoms with Gasteiger partial charge in [0.05, 0.1) is 5.41 Å². The molecule has 0 aromatic carbocycles. The van der Waals surface area contributed by atoms with Gasteiger partial charge in [0.15, 0.2) is 0 Å². The number of amides is 2. The normalized spacial score (nSPS) is 12.1. The van der Waals surface area contributed by atoms with Gasteiger partial charge in [0, 0.05) is 12.1 Å². The molecule has 0 aromatic heterocycles. The van der Waals surface area contributed by atoms with Crippen LogP contribution in [0.3, 0.4) is 0 Å². The Hall–Kier alpha value is -1.26. The van der Waals surface area contributed by atoms with Gasteiger partial charge in [0.1, 0.15) is 0 Å². The number of aliphatic carboxylic acids is 1. The van der Waals surface area contributed by atoms with Gasteiger partial charge in [-0.3, -0.25) is 4.79 Å². The van der Waals surface area contributed by atoms with Crippen LogP contribution in [0.25, 0.3) is 0 Å². The number of carboxylic acids is 1. The van der Waals surface area contributed by atoms with E-state index in [1.54, 1.807) is 0 Å². The van der Waals surface area contributed by atoms with E-state index in [1.807, 2.05) is 34.6 Å². The Morgan fingerprint density at radius 2 is 1.35 bits per heavy atom. The van der Waals surface area contributed by atoms with Gasteiger partial charge in [0.2, 0.25) is 0 Å². The van der Waals surface area contributed by atoms with Crippen molar-refractivity contribution >= 4 is 12.0 Å². The van der Waals surface area contributed by atoms with Crippen LogP contribution < -0.4 is 10.6 Å². The van der Waals surface area contributed by atoms with Gasteiger partial charge in [0.25, 0.3) is 0 Å². The van der Waals surface area contributed by atoms with Crippen molar-refractivity contribution in [1.82, 2.24) is 10.6 Å². The van der Waals surface area contributed by atoms with E-state index < -0.39 is 11.4 Å². The molecule has 3 N–H and O–H groups in total. The summed E-state index contributed by atoms with van der Waals surface area (Å²) in [6.07, 6.45) is 3.58. The van der Waals surface area contributed by atoms with Crippen molar-refractivity contribution in [3.63, 3.8) is 0 Å². The summed E-state index contributed by atoms with van der Waals surface area (Å²) in [7, 11) is 0. The van der Waals surface area contributed by atoms with Gasteiger partial charge in [-0.1, -0.05) is 34.6 Å². The van der Waals surface area contributed by atoms with Crippen LogP contribution in [0.15, 0.2) is 0 Å². The molecule has 0 rings (SSSR count). The largest absolute Gasteiger partial charge is 0.481 e. The molecular weight excluding hydrogens is 256 g/mol. The lowest BCUT2D eigenvalue weighted by Crippen LogP contribution is -2.53. The Bertz CT molecular complexity index is 313. The van der Waals surface area contributed by atoms with E-state index in [4.69, 9.17) is 0 Å². The van der Waals surface area contributed by atoms with Crippen LogP contribution in [0, 0.1) is 5.41 Å². The fourth-order valence-electron chi connectivity index (χ4n) is 2.43. The third-order valence-electron chi connectivity index (χ3n) is 4.80. The van der Waals surface area contributed by atoms with Crippen molar-refractivity contribution < 1.29 is 14.7 Å². The zero-order valence-electron chi connectivity index (χ0n) is 13.5. The molecule has 0 aliphatic heterocycles. The van der Waals surface area contributed by atoms with E-state index >= 15 is 0 Å². The fraction of sp³-hybridized carbons (Fsp3) is 0.867. The summed E-state index contributed by atoms with van der Waals surface area (Å²) in [5.74, 6) is -0.851. The van der Waals surface area contributed by atoms with Crippen LogP contribution in [0.4, 0.5) is 4.79 Å². The quantitative estimate of drug-likeness (QED) is 0.609. The molecule has 0 heterocycles. The fourth-order valence-corrected chi connectivity index (χ4v) is 2.43. The molecule has 0 unspecified atom stereocenters. The molecule has 0 bridgehead atoms. The number of carboxylic acid groups (broad SMARTS) is 1. The number of nitrogens with one attached hydrogen (secondary N) is 2. The molecule has 0 aliphatic rings. The first kappa shape index (κ1) is 18.7. The molecule has 0 fully saturated rings. The average Bonchev–Trinajstić information content (AvgIpc) is 2.46. The zero-order valence-corrected chi connectivity index (χ0v) is 13.5. The standard InChI is InChI=1S/C15H30N2O3/c1-6-14(7-2,12(18)19)11-16-13(20)17-15(8-3,9-4)10-5/h6-11H2,1-5H3,(H,18,19)(H2,16,17,20). The number of rotatable bonds is 9. The number of carbonyl (C=O) groups excluding carboxylic acids is 1. The SMILES string of the molecule is CCC(CC)(CC)NC(=O)NCC(CC)(CC)C(=O)O. The molecule has 5 heteroatoms. The van der Waals surface area contributed by atoms with E-state index in [-0.39, 0.29) is 18.1 Å². The summed E-state index contributed by atoms with van der Waals surface area (Å²) in [5.41, 5.74) is -1.07. The van der Waals surface area contributed by atoms with Crippen LogP contribution in [0.1, 0.15) is 66.7 Å². The summed E-state index contributed by atoms with van der Waals surface area (Å²) in [5, 5.41) is 15.1. The van der Waals surface area contributed by atoms with Gasteiger partial charge in [-0.05, 0) is 32.1 Å². The lowest BCUT2D eigenvalue weighted by Gasteiger charge is -2.33. The first-order valence-corrected chi connectivity index (χ1v) is 7.64. The third-order valence-corrected chi connectivity index (χ3v) is 4.80. The Morgan fingerprint density at radius 3 is 1.65 bits per heavy atom. The second kappa shape index (κ2) is 8.12. The first-order valence-electron chi connectivity index (χ1n) is 7.64. The molecule has 20 heavy (non-hydrogen) atoms. The molecule has 0 saturated heterocycles. The van der Waals surface area contributed by atoms with Gasteiger partial charge in [-0.25, -0.2) is 4.79 Å². The molecule has 0 radical (unpaired) electrons. The van der Waals surface area contributed by atoms with E-state index in [1.165, 1.54) is 0 Å². The minimum Gasteiger partial charge on any atom is -0.481 e. The maximum absolute atomic E-state index is 12.0. The molecule has 0 saturated carbocycles. The summed E-state index contributed by atoms with van der Waals surface area (Å²) in [6, 6.07) is -0.275. The monoisotopic (exact) mass is 286 g/mol. The summed E-state index contributed by atoms with van der Waals surface area (Å²) >= 11 is 0. The van der Waals surface area contributed by atoms with Gasteiger partial charge in [-0.2, -0.15) is 0 Å². The van der Waals surface area contributed by atoms with E-state index in [9.17, 15) is 14.7 Å². The topological polar surface area (TPSA) is 78.4 Å². The Morgan fingerprint density at radius 1 is 0.900 bits per heavy atom. The zero-order chi connectivity index (χ0) is 15.8. The highest BCUT2D eigenvalue weighted by Gasteiger charge is 2.35. The molecule has 0 aliphatic carbocycles. The lowest BCUT2D eigenvalue weighted by molar-refractivity contribution is -0.149. The van der Waals surface area contributed by atoms with E-state index in [0.29, 0.717) is 12.8 Å². The van der Waals surface area contributed by atoms with Crippen molar-refractivity contribution in [3.8, 4) is 0 Å². The molecule has 2 amide bonds. The van der Waals surface area contributed by atoms with Crippen molar-refractivity contribution in [3.05, 3.63) is 0 Å². The van der Waals surface area contributed by atoms with Crippen molar-refractivity contribution in [2.45, 2.75) is 72.3 Å². The highest BCUT2D eigenvalue weighted by molar-refractivity contribution is 5.78. The Balaban J connectivity index is 4.66. The number of hydrogen-bond acceptors (Lipinski definition) is 2. The van der Waals surface area contributed by atoms with E-state index in [0.717, 1.165) is 19.3 Å². The van der Waals surface area contributed by atoms with Crippen LogP contribution in [0.2, 0.25) is 0 Å². The molecule has 118 valence electrons. The molecule has 0 aromatic rings. The second-order valence-corrected chi connectivity index (χ2v) is 5.44. The molecule has 0 spiro atoms.